The Bertz CT molecular complexity index is 1320. The second-order valence-corrected chi connectivity index (χ2v) is 7.81. The summed E-state index contributed by atoms with van der Waals surface area (Å²) in [5, 5.41) is 0. The van der Waals surface area contributed by atoms with Gasteiger partial charge in [0.2, 0.25) is 0 Å². The molecule has 4 rings (SSSR count). The molecule has 8 nitrogen and oxygen atoms in total. The van der Waals surface area contributed by atoms with E-state index in [4.69, 9.17) is 41.9 Å². The summed E-state index contributed by atoms with van der Waals surface area (Å²) < 4.78 is 21.4. The van der Waals surface area contributed by atoms with E-state index in [1.165, 1.54) is 0 Å². The van der Waals surface area contributed by atoms with Gasteiger partial charge in [-0.2, -0.15) is 0 Å². The Labute approximate surface area is 211 Å². The zero-order valence-electron chi connectivity index (χ0n) is 20.9. The molecule has 0 saturated carbocycles. The van der Waals surface area contributed by atoms with E-state index in [2.05, 4.69) is 0 Å². The maximum absolute atomic E-state index is 5.89. The maximum Gasteiger partial charge on any atom is 0.184 e. The molecule has 0 radical (unpaired) electrons. The maximum atomic E-state index is 5.89. The smallest absolute Gasteiger partial charge is 0.184 e. The van der Waals surface area contributed by atoms with Crippen LogP contribution >= 0.6 is 0 Å². The number of hydrogen-bond acceptors (Lipinski definition) is 8. The van der Waals surface area contributed by atoms with Crippen LogP contribution in [0.3, 0.4) is 0 Å². The number of nitrogens with two attached hydrogens (primary N) is 4. The highest BCUT2D eigenvalue weighted by Crippen LogP contribution is 2.45. The van der Waals surface area contributed by atoms with Crippen molar-refractivity contribution < 1.29 is 18.9 Å². The van der Waals surface area contributed by atoms with Crippen molar-refractivity contribution in [3.05, 3.63) is 72.8 Å². The first-order valence-electron chi connectivity index (χ1n) is 11.1. The van der Waals surface area contributed by atoms with E-state index in [1.807, 2.05) is 54.6 Å². The third-order valence-electron chi connectivity index (χ3n) is 5.51. The fraction of sp³-hybridized carbons (Fsp3) is 0.143. The van der Waals surface area contributed by atoms with Crippen molar-refractivity contribution in [2.75, 3.05) is 51.4 Å². The fourth-order valence-corrected chi connectivity index (χ4v) is 3.74. The zero-order valence-corrected chi connectivity index (χ0v) is 20.9. The lowest BCUT2D eigenvalue weighted by Crippen LogP contribution is -1.99. The van der Waals surface area contributed by atoms with Gasteiger partial charge in [-0.1, -0.05) is 12.1 Å². The van der Waals surface area contributed by atoms with Gasteiger partial charge in [0, 0.05) is 45.9 Å². The topological polar surface area (TPSA) is 141 Å². The monoisotopic (exact) mass is 488 g/mol. The summed E-state index contributed by atoms with van der Waals surface area (Å²) in [5.41, 5.74) is 29.4. The van der Waals surface area contributed by atoms with Crippen molar-refractivity contribution >= 4 is 22.7 Å². The van der Waals surface area contributed by atoms with E-state index in [-0.39, 0.29) is 0 Å². The van der Waals surface area contributed by atoms with Gasteiger partial charge < -0.3 is 41.9 Å². The summed E-state index contributed by atoms with van der Waals surface area (Å²) in [6.45, 7) is 0. The first-order valence-corrected chi connectivity index (χ1v) is 11.1. The largest absolute Gasteiger partial charge is 0.496 e. The van der Waals surface area contributed by atoms with Crippen molar-refractivity contribution in [2.45, 2.75) is 0 Å². The van der Waals surface area contributed by atoms with Gasteiger partial charge in [0.1, 0.15) is 11.5 Å². The highest BCUT2D eigenvalue weighted by atomic mass is 16.5. The number of hydrogen-bond donors (Lipinski definition) is 4. The Kier molecular flexibility index (Phi) is 8.35. The van der Waals surface area contributed by atoms with Crippen LogP contribution in [0.15, 0.2) is 72.8 Å². The fourth-order valence-electron chi connectivity index (χ4n) is 3.74. The lowest BCUT2D eigenvalue weighted by Gasteiger charge is -2.16. The molecule has 0 aliphatic rings. The van der Waals surface area contributed by atoms with E-state index in [0.717, 1.165) is 33.7 Å². The molecule has 8 heteroatoms. The Morgan fingerprint density at radius 3 is 1.44 bits per heavy atom. The van der Waals surface area contributed by atoms with Gasteiger partial charge >= 0.3 is 0 Å². The van der Waals surface area contributed by atoms with Gasteiger partial charge in [0.15, 0.2) is 11.5 Å². The van der Waals surface area contributed by atoms with Gasteiger partial charge in [-0.05, 0) is 54.1 Å². The molecule has 0 spiro atoms. The van der Waals surface area contributed by atoms with Crippen LogP contribution < -0.4 is 41.9 Å². The van der Waals surface area contributed by atoms with Crippen molar-refractivity contribution in [3.8, 4) is 45.3 Å². The van der Waals surface area contributed by atoms with Gasteiger partial charge in [-0.15, -0.1) is 0 Å². The Morgan fingerprint density at radius 2 is 0.917 bits per heavy atom. The summed E-state index contributed by atoms with van der Waals surface area (Å²) in [4.78, 5) is 0. The van der Waals surface area contributed by atoms with Crippen molar-refractivity contribution in [1.82, 2.24) is 0 Å². The van der Waals surface area contributed by atoms with Crippen molar-refractivity contribution in [1.29, 1.82) is 0 Å². The summed E-state index contributed by atoms with van der Waals surface area (Å²) in [7, 11) is 6.36. The minimum absolute atomic E-state index is 0.504. The number of nitrogen functional groups attached to an aromatic ring is 4. The van der Waals surface area contributed by atoms with Crippen molar-refractivity contribution in [3.63, 3.8) is 0 Å². The van der Waals surface area contributed by atoms with Crippen LogP contribution in [-0.2, 0) is 0 Å². The number of methoxy groups -OCH3 is 4. The van der Waals surface area contributed by atoms with Crippen LogP contribution in [0.1, 0.15) is 0 Å². The van der Waals surface area contributed by atoms with Gasteiger partial charge in [0.05, 0.1) is 34.1 Å². The minimum Gasteiger partial charge on any atom is -0.496 e. The molecule has 8 N–H and O–H groups in total. The highest BCUT2D eigenvalue weighted by molar-refractivity contribution is 5.83. The molecule has 188 valence electrons. The summed E-state index contributed by atoms with van der Waals surface area (Å²) in [6, 6.07) is 22.3. The first-order chi connectivity index (χ1) is 17.3. The van der Waals surface area contributed by atoms with Crippen LogP contribution in [0, 0.1) is 0 Å². The molecular formula is C28H32N4O4. The van der Waals surface area contributed by atoms with Crippen LogP contribution in [0.4, 0.5) is 22.7 Å². The molecule has 36 heavy (non-hydrogen) atoms. The molecule has 0 fully saturated rings. The lowest BCUT2D eigenvalue weighted by atomic mass is 10.0. The van der Waals surface area contributed by atoms with Gasteiger partial charge in [-0.3, -0.25) is 0 Å². The molecule has 0 saturated heterocycles. The van der Waals surface area contributed by atoms with E-state index < -0.39 is 0 Å². The number of ether oxygens (including phenoxy) is 4. The summed E-state index contributed by atoms with van der Waals surface area (Å²) in [6.07, 6.45) is 0. The second-order valence-electron chi connectivity index (χ2n) is 7.81. The Hall–Kier alpha value is -4.72. The third-order valence-corrected chi connectivity index (χ3v) is 5.51. The molecule has 4 aromatic rings. The molecule has 0 amide bonds. The molecule has 0 unspecified atom stereocenters. The average Bonchev–Trinajstić information content (AvgIpc) is 2.89. The number of rotatable bonds is 6. The zero-order chi connectivity index (χ0) is 26.2. The van der Waals surface area contributed by atoms with Crippen LogP contribution in [0.5, 0.6) is 23.0 Å². The van der Waals surface area contributed by atoms with E-state index in [0.29, 0.717) is 34.3 Å². The summed E-state index contributed by atoms with van der Waals surface area (Å²) >= 11 is 0. The van der Waals surface area contributed by atoms with E-state index in [9.17, 15) is 0 Å². The SMILES string of the molecule is COc1cc(N)ccc1-c1ccc(N)c(OC)c1OC.COc1cc(N)ccc1-c1ccc(N)cc1. The normalized spacial score (nSPS) is 10.1. The summed E-state index contributed by atoms with van der Waals surface area (Å²) in [5.74, 6) is 2.50. The lowest BCUT2D eigenvalue weighted by molar-refractivity contribution is 0.357. The Morgan fingerprint density at radius 1 is 0.444 bits per heavy atom. The molecule has 0 aromatic heterocycles. The molecule has 0 atom stereocenters. The van der Waals surface area contributed by atoms with Crippen molar-refractivity contribution in [2.24, 2.45) is 0 Å². The first kappa shape index (κ1) is 25.9. The molecule has 4 aromatic carbocycles. The number of benzene rings is 4. The van der Waals surface area contributed by atoms with Crippen LogP contribution in [0.2, 0.25) is 0 Å². The van der Waals surface area contributed by atoms with Gasteiger partial charge in [-0.25, -0.2) is 0 Å². The van der Waals surface area contributed by atoms with Crippen LogP contribution in [0.25, 0.3) is 22.3 Å². The van der Waals surface area contributed by atoms with Crippen LogP contribution in [-0.4, -0.2) is 28.4 Å². The van der Waals surface area contributed by atoms with Gasteiger partial charge in [0.25, 0.3) is 0 Å². The Balaban J connectivity index is 0.000000205. The average molecular weight is 489 g/mol. The highest BCUT2D eigenvalue weighted by Gasteiger charge is 2.17. The quantitative estimate of drug-likeness (QED) is 0.276. The number of anilines is 4. The second kappa shape index (κ2) is 11.6. The van der Waals surface area contributed by atoms with E-state index >= 15 is 0 Å². The molecule has 0 heterocycles. The third kappa shape index (κ3) is 5.67. The minimum atomic E-state index is 0.504. The molecule has 0 bridgehead atoms. The molecule has 0 aliphatic carbocycles. The molecular weight excluding hydrogens is 456 g/mol. The molecule has 0 aliphatic heterocycles. The standard InChI is InChI=1S/C15H18N2O3.C13H14N2O/c1-18-13-8-9(16)4-5-10(13)11-6-7-12(17)15(20-3)14(11)19-2;1-16-13-8-11(15)6-7-12(13)9-2-4-10(14)5-3-9/h4-8H,16-17H2,1-3H3;2-8H,14-15H2,1H3. The van der Waals surface area contributed by atoms with E-state index in [1.54, 1.807) is 46.6 Å². The predicted molar refractivity (Wildman–Crippen MR) is 148 cm³/mol. The predicted octanol–water partition coefficient (Wildman–Crippen LogP) is 5.07.